The van der Waals surface area contributed by atoms with Gasteiger partial charge in [-0.15, -0.1) is 0 Å². The van der Waals surface area contributed by atoms with E-state index in [2.05, 4.69) is 0 Å². The summed E-state index contributed by atoms with van der Waals surface area (Å²) in [5, 5.41) is 9.47. The summed E-state index contributed by atoms with van der Waals surface area (Å²) in [5.41, 5.74) is -0.332. The SMILES string of the molecule is CN(C(=O)OCc1ccccc1)C1(C(=O)O)CC(C)(C)C1. The van der Waals surface area contributed by atoms with Crippen LogP contribution in [-0.2, 0) is 16.1 Å². The van der Waals surface area contributed by atoms with Crippen LogP contribution in [0.3, 0.4) is 0 Å². The van der Waals surface area contributed by atoms with Gasteiger partial charge in [0.05, 0.1) is 0 Å². The van der Waals surface area contributed by atoms with Crippen molar-refractivity contribution >= 4 is 12.1 Å². The summed E-state index contributed by atoms with van der Waals surface area (Å²) in [7, 11) is 1.50. The molecule has 5 nitrogen and oxygen atoms in total. The number of benzene rings is 1. The van der Waals surface area contributed by atoms with Gasteiger partial charge < -0.3 is 9.84 Å². The van der Waals surface area contributed by atoms with Crippen molar-refractivity contribution in [1.29, 1.82) is 0 Å². The molecule has 1 N–H and O–H groups in total. The molecule has 1 fully saturated rings. The van der Waals surface area contributed by atoms with Gasteiger partial charge in [-0.1, -0.05) is 44.2 Å². The highest BCUT2D eigenvalue weighted by molar-refractivity contribution is 5.85. The lowest BCUT2D eigenvalue weighted by Gasteiger charge is -2.53. The lowest BCUT2D eigenvalue weighted by Crippen LogP contribution is -2.65. The molecule has 0 saturated heterocycles. The highest BCUT2D eigenvalue weighted by Gasteiger charge is 2.59. The van der Waals surface area contributed by atoms with Gasteiger partial charge in [0.15, 0.2) is 0 Å². The van der Waals surface area contributed by atoms with E-state index in [4.69, 9.17) is 4.74 Å². The minimum Gasteiger partial charge on any atom is -0.479 e. The zero-order valence-electron chi connectivity index (χ0n) is 12.6. The minimum atomic E-state index is -1.14. The normalized spacial score (nSPS) is 18.4. The number of hydrogen-bond acceptors (Lipinski definition) is 3. The highest BCUT2D eigenvalue weighted by atomic mass is 16.6. The van der Waals surface area contributed by atoms with Crippen molar-refractivity contribution in [2.75, 3.05) is 7.05 Å². The fourth-order valence-corrected chi connectivity index (χ4v) is 3.05. The Morgan fingerprint density at radius 3 is 2.29 bits per heavy atom. The van der Waals surface area contributed by atoms with Crippen LogP contribution in [-0.4, -0.2) is 34.7 Å². The molecule has 0 spiro atoms. The van der Waals surface area contributed by atoms with Gasteiger partial charge in [-0.25, -0.2) is 9.59 Å². The molecule has 0 bridgehead atoms. The van der Waals surface area contributed by atoms with Gasteiger partial charge in [0.1, 0.15) is 12.1 Å². The second-order valence-electron chi connectivity index (χ2n) is 6.45. The molecular weight excluding hydrogens is 270 g/mol. The lowest BCUT2D eigenvalue weighted by molar-refractivity contribution is -0.165. The van der Waals surface area contributed by atoms with E-state index in [0.29, 0.717) is 12.8 Å². The molecule has 1 saturated carbocycles. The Bertz CT molecular complexity index is 530. The van der Waals surface area contributed by atoms with Crippen LogP contribution in [0, 0.1) is 5.41 Å². The Morgan fingerprint density at radius 1 is 1.24 bits per heavy atom. The molecule has 0 heterocycles. The van der Waals surface area contributed by atoms with Crippen LogP contribution in [0.2, 0.25) is 0 Å². The summed E-state index contributed by atoms with van der Waals surface area (Å²) in [4.78, 5) is 24.9. The van der Waals surface area contributed by atoms with Crippen molar-refractivity contribution in [3.05, 3.63) is 35.9 Å². The molecule has 1 aromatic carbocycles. The summed E-state index contributed by atoms with van der Waals surface area (Å²) in [6.45, 7) is 4.14. The topological polar surface area (TPSA) is 66.8 Å². The summed E-state index contributed by atoms with van der Waals surface area (Å²) < 4.78 is 5.21. The molecule has 0 unspecified atom stereocenters. The second kappa shape index (κ2) is 5.39. The van der Waals surface area contributed by atoms with Gasteiger partial charge in [-0.2, -0.15) is 0 Å². The van der Waals surface area contributed by atoms with Crippen molar-refractivity contribution in [2.45, 2.75) is 38.8 Å². The van der Waals surface area contributed by atoms with Crippen molar-refractivity contribution in [1.82, 2.24) is 4.90 Å². The summed E-state index contributed by atoms with van der Waals surface area (Å²) in [5.74, 6) is -0.971. The van der Waals surface area contributed by atoms with Crippen LogP contribution in [0.15, 0.2) is 30.3 Å². The number of amides is 1. The number of likely N-dealkylation sites (N-methyl/N-ethyl adjacent to an activating group) is 1. The first-order valence-corrected chi connectivity index (χ1v) is 6.95. The monoisotopic (exact) mass is 291 g/mol. The molecule has 1 aliphatic carbocycles. The maximum atomic E-state index is 12.1. The number of carboxylic acid groups (broad SMARTS) is 1. The first kappa shape index (κ1) is 15.4. The van der Waals surface area contributed by atoms with E-state index in [9.17, 15) is 14.7 Å². The molecule has 1 aromatic rings. The molecule has 0 radical (unpaired) electrons. The van der Waals surface area contributed by atoms with Crippen LogP contribution in [0.25, 0.3) is 0 Å². The van der Waals surface area contributed by atoms with Crippen molar-refractivity contribution in [3.63, 3.8) is 0 Å². The van der Waals surface area contributed by atoms with E-state index >= 15 is 0 Å². The van der Waals surface area contributed by atoms with E-state index in [-0.39, 0.29) is 12.0 Å². The van der Waals surface area contributed by atoms with E-state index in [1.165, 1.54) is 11.9 Å². The third-order valence-corrected chi connectivity index (χ3v) is 4.06. The van der Waals surface area contributed by atoms with Gasteiger partial charge in [-0.05, 0) is 23.8 Å². The predicted molar refractivity (Wildman–Crippen MR) is 77.8 cm³/mol. The molecule has 1 amide bonds. The molecule has 21 heavy (non-hydrogen) atoms. The first-order valence-electron chi connectivity index (χ1n) is 6.95. The first-order chi connectivity index (χ1) is 9.77. The van der Waals surface area contributed by atoms with E-state index in [1.807, 2.05) is 44.2 Å². The molecule has 2 rings (SSSR count). The second-order valence-corrected chi connectivity index (χ2v) is 6.45. The maximum Gasteiger partial charge on any atom is 0.410 e. The Morgan fingerprint density at radius 2 is 1.81 bits per heavy atom. The van der Waals surface area contributed by atoms with Crippen molar-refractivity contribution in [3.8, 4) is 0 Å². The number of carboxylic acids is 1. The van der Waals surface area contributed by atoms with Gasteiger partial charge in [0.25, 0.3) is 0 Å². The highest BCUT2D eigenvalue weighted by Crippen LogP contribution is 2.51. The van der Waals surface area contributed by atoms with Crippen LogP contribution in [0.5, 0.6) is 0 Å². The molecule has 0 atom stereocenters. The zero-order chi connectivity index (χ0) is 15.7. The Hall–Kier alpha value is -2.04. The van der Waals surface area contributed by atoms with Gasteiger partial charge in [0, 0.05) is 7.05 Å². The van der Waals surface area contributed by atoms with Crippen molar-refractivity contribution < 1.29 is 19.4 Å². The summed E-state index contributed by atoms with van der Waals surface area (Å²) >= 11 is 0. The average molecular weight is 291 g/mol. The molecular formula is C16H21NO4. The number of carbonyl (C=O) groups is 2. The summed E-state index contributed by atoms with van der Waals surface area (Å²) in [6.07, 6.45) is 0.273. The minimum absolute atomic E-state index is 0.0631. The van der Waals surface area contributed by atoms with Gasteiger partial charge >= 0.3 is 12.1 Å². The number of rotatable bonds is 4. The van der Waals surface area contributed by atoms with Crippen LogP contribution < -0.4 is 0 Å². The summed E-state index contributed by atoms with van der Waals surface area (Å²) in [6, 6.07) is 9.31. The number of carbonyl (C=O) groups excluding carboxylic acids is 1. The molecule has 114 valence electrons. The number of ether oxygens (including phenoxy) is 1. The maximum absolute atomic E-state index is 12.1. The molecule has 0 aromatic heterocycles. The third-order valence-electron chi connectivity index (χ3n) is 4.06. The molecule has 5 heteroatoms. The fourth-order valence-electron chi connectivity index (χ4n) is 3.05. The van der Waals surface area contributed by atoms with Crippen LogP contribution in [0.4, 0.5) is 4.79 Å². The number of nitrogens with zero attached hydrogens (tertiary/aromatic N) is 1. The Balaban J connectivity index is 2.00. The Labute approximate surface area is 124 Å². The largest absolute Gasteiger partial charge is 0.479 e. The third kappa shape index (κ3) is 3.01. The molecule has 0 aliphatic heterocycles. The Kier molecular flexibility index (Phi) is 3.94. The van der Waals surface area contributed by atoms with Gasteiger partial charge in [-0.3, -0.25) is 4.90 Å². The predicted octanol–water partition coefficient (Wildman–Crippen LogP) is 2.90. The number of hydrogen-bond donors (Lipinski definition) is 1. The zero-order valence-corrected chi connectivity index (χ0v) is 12.6. The van der Waals surface area contributed by atoms with E-state index in [1.54, 1.807) is 0 Å². The van der Waals surface area contributed by atoms with Crippen LogP contribution in [0.1, 0.15) is 32.3 Å². The fraction of sp³-hybridized carbons (Fsp3) is 0.500. The van der Waals surface area contributed by atoms with E-state index in [0.717, 1.165) is 5.56 Å². The van der Waals surface area contributed by atoms with E-state index < -0.39 is 17.6 Å². The quantitative estimate of drug-likeness (QED) is 0.926. The van der Waals surface area contributed by atoms with Gasteiger partial charge in [0.2, 0.25) is 0 Å². The smallest absolute Gasteiger partial charge is 0.410 e. The standard InChI is InChI=1S/C16H21NO4/c1-15(2)10-16(11-15,13(18)19)17(3)14(20)21-9-12-7-5-4-6-8-12/h4-8H,9-11H2,1-3H3,(H,18,19). The molecule has 1 aliphatic rings. The lowest BCUT2D eigenvalue weighted by atomic mass is 9.58. The number of aliphatic carboxylic acids is 1. The van der Waals surface area contributed by atoms with Crippen molar-refractivity contribution in [2.24, 2.45) is 5.41 Å². The van der Waals surface area contributed by atoms with Crippen LogP contribution >= 0.6 is 0 Å². The average Bonchev–Trinajstić information content (AvgIpc) is 2.41.